The van der Waals surface area contributed by atoms with E-state index in [4.69, 9.17) is 26.8 Å². The van der Waals surface area contributed by atoms with Gasteiger partial charge in [0.15, 0.2) is 18.1 Å². The van der Waals surface area contributed by atoms with E-state index in [0.29, 0.717) is 23.4 Å². The highest BCUT2D eigenvalue weighted by atomic mass is 35.5. The van der Waals surface area contributed by atoms with Gasteiger partial charge in [-0.3, -0.25) is 9.59 Å². The van der Waals surface area contributed by atoms with E-state index in [9.17, 15) is 14.9 Å². The Labute approximate surface area is 148 Å². The molecule has 0 fully saturated rings. The maximum absolute atomic E-state index is 12.0. The molecule has 0 saturated heterocycles. The summed E-state index contributed by atoms with van der Waals surface area (Å²) in [5.41, 5.74) is 6.11. The summed E-state index contributed by atoms with van der Waals surface area (Å²) in [5.74, 6) is -0.196. The van der Waals surface area contributed by atoms with Crippen molar-refractivity contribution in [1.82, 2.24) is 4.98 Å². The van der Waals surface area contributed by atoms with E-state index in [0.717, 1.165) is 0 Å². The lowest BCUT2D eigenvalue weighted by Gasteiger charge is -2.15. The monoisotopic (exact) mass is 361 g/mol. The lowest BCUT2D eigenvalue weighted by atomic mass is 10.0. The van der Waals surface area contributed by atoms with Gasteiger partial charge in [-0.05, 0) is 37.6 Å². The largest absolute Gasteiger partial charge is 0.490 e. The zero-order valence-electron chi connectivity index (χ0n) is 13.7. The minimum absolute atomic E-state index is 0.0325. The van der Waals surface area contributed by atoms with Crippen molar-refractivity contribution >= 4 is 17.5 Å². The van der Waals surface area contributed by atoms with Gasteiger partial charge in [0.1, 0.15) is 11.6 Å². The van der Waals surface area contributed by atoms with Crippen LogP contribution in [0.3, 0.4) is 0 Å². The molecule has 3 N–H and O–H groups in total. The number of carbonyl (C=O) groups is 1. The third-order valence-electron chi connectivity index (χ3n) is 3.26. The molecule has 0 aliphatic carbocycles. The van der Waals surface area contributed by atoms with Crippen LogP contribution < -0.4 is 20.8 Å². The van der Waals surface area contributed by atoms with Gasteiger partial charge in [0.2, 0.25) is 0 Å². The first kappa shape index (κ1) is 18.4. The number of hydrogen-bond acceptors (Lipinski definition) is 5. The van der Waals surface area contributed by atoms with Gasteiger partial charge in [0, 0.05) is 11.3 Å². The fraction of sp³-hybridized carbons (Fsp3) is 0.235. The summed E-state index contributed by atoms with van der Waals surface area (Å²) < 4.78 is 10.8. The zero-order valence-corrected chi connectivity index (χ0v) is 14.4. The summed E-state index contributed by atoms with van der Waals surface area (Å²) in [7, 11) is 0. The van der Waals surface area contributed by atoms with Crippen molar-refractivity contribution in [2.45, 2.75) is 13.8 Å². The summed E-state index contributed by atoms with van der Waals surface area (Å²) in [6.07, 6.45) is 0. The Morgan fingerprint density at radius 1 is 1.36 bits per heavy atom. The SMILES string of the molecule is CCOc1cc(-c2cc(C)[nH]c(=O)c2C#N)cc(Cl)c1OCC(N)=O. The number of benzene rings is 1. The molecule has 1 amide bonds. The van der Waals surface area contributed by atoms with E-state index >= 15 is 0 Å². The molecule has 2 aromatic rings. The predicted octanol–water partition coefficient (Wildman–Crippen LogP) is 2.14. The smallest absolute Gasteiger partial charge is 0.266 e. The number of halogens is 1. The number of aromatic amines is 1. The molecule has 7 nitrogen and oxygen atoms in total. The van der Waals surface area contributed by atoms with Gasteiger partial charge in [-0.2, -0.15) is 5.26 Å². The van der Waals surface area contributed by atoms with Gasteiger partial charge in [-0.1, -0.05) is 11.6 Å². The molecule has 0 aliphatic heterocycles. The number of rotatable bonds is 6. The summed E-state index contributed by atoms with van der Waals surface area (Å²) in [6.45, 7) is 3.46. The lowest BCUT2D eigenvalue weighted by molar-refractivity contribution is -0.119. The quantitative estimate of drug-likeness (QED) is 0.817. The standard InChI is InChI=1S/C17H16ClN3O4/c1-3-24-14-6-10(5-13(18)16(14)25-8-15(20)22)11-4-9(2)21-17(23)12(11)7-19/h4-6H,3,8H2,1-2H3,(H2,20,22)(H,21,23). The number of aromatic nitrogens is 1. The highest BCUT2D eigenvalue weighted by molar-refractivity contribution is 6.32. The van der Waals surface area contributed by atoms with Gasteiger partial charge in [0.05, 0.1) is 11.6 Å². The molecule has 0 saturated carbocycles. The van der Waals surface area contributed by atoms with Gasteiger partial charge in [0.25, 0.3) is 11.5 Å². The molecule has 0 radical (unpaired) electrons. The van der Waals surface area contributed by atoms with Crippen LogP contribution in [0.5, 0.6) is 11.5 Å². The Hall–Kier alpha value is -2.98. The Morgan fingerprint density at radius 3 is 2.68 bits per heavy atom. The molecule has 0 spiro atoms. The van der Waals surface area contributed by atoms with E-state index < -0.39 is 11.5 Å². The second-order valence-electron chi connectivity index (χ2n) is 5.16. The van der Waals surface area contributed by atoms with Crippen molar-refractivity contribution in [2.24, 2.45) is 5.73 Å². The Morgan fingerprint density at radius 2 is 2.08 bits per heavy atom. The van der Waals surface area contributed by atoms with Crippen LogP contribution in [0.4, 0.5) is 0 Å². The summed E-state index contributed by atoms with van der Waals surface area (Å²) in [6, 6.07) is 6.70. The van der Waals surface area contributed by atoms with Crippen molar-refractivity contribution in [3.8, 4) is 28.7 Å². The Balaban J connectivity index is 2.63. The van der Waals surface area contributed by atoms with Gasteiger partial charge in [-0.15, -0.1) is 0 Å². The summed E-state index contributed by atoms with van der Waals surface area (Å²) in [5, 5.41) is 9.45. The Bertz CT molecular complexity index is 915. The molecule has 0 bridgehead atoms. The number of nitrogens with two attached hydrogens (primary N) is 1. The fourth-order valence-corrected chi connectivity index (χ4v) is 2.56. The molecular formula is C17H16ClN3O4. The first-order valence-corrected chi connectivity index (χ1v) is 7.77. The first-order chi connectivity index (χ1) is 11.9. The molecule has 0 aliphatic rings. The number of amides is 1. The van der Waals surface area contributed by atoms with E-state index in [1.165, 1.54) is 6.07 Å². The van der Waals surface area contributed by atoms with Crippen molar-refractivity contribution in [2.75, 3.05) is 13.2 Å². The number of nitrogens with one attached hydrogen (secondary N) is 1. The highest BCUT2D eigenvalue weighted by Crippen LogP contribution is 2.40. The normalized spacial score (nSPS) is 10.2. The number of nitrogens with zero attached hydrogens (tertiary/aromatic N) is 1. The highest BCUT2D eigenvalue weighted by Gasteiger charge is 2.17. The van der Waals surface area contributed by atoms with E-state index in [1.54, 1.807) is 26.0 Å². The number of hydrogen-bond donors (Lipinski definition) is 2. The average molecular weight is 362 g/mol. The summed E-state index contributed by atoms with van der Waals surface area (Å²) >= 11 is 6.25. The molecule has 130 valence electrons. The van der Waals surface area contributed by atoms with Crippen LogP contribution in [-0.4, -0.2) is 24.1 Å². The molecule has 1 aromatic heterocycles. The molecule has 1 heterocycles. The van der Waals surface area contributed by atoms with Crippen LogP contribution in [0.1, 0.15) is 18.2 Å². The number of aryl methyl sites for hydroxylation is 1. The van der Waals surface area contributed by atoms with E-state index in [2.05, 4.69) is 4.98 Å². The van der Waals surface area contributed by atoms with E-state index in [-0.39, 0.29) is 28.7 Å². The predicted molar refractivity (Wildman–Crippen MR) is 92.8 cm³/mol. The number of primary amides is 1. The second-order valence-corrected chi connectivity index (χ2v) is 5.56. The van der Waals surface area contributed by atoms with Crippen LogP contribution in [-0.2, 0) is 4.79 Å². The Kier molecular flexibility index (Phi) is 5.67. The van der Waals surface area contributed by atoms with Crippen molar-refractivity contribution in [1.29, 1.82) is 5.26 Å². The minimum Gasteiger partial charge on any atom is -0.490 e. The third kappa shape index (κ3) is 4.11. The van der Waals surface area contributed by atoms with Crippen LogP contribution in [0, 0.1) is 18.3 Å². The molecule has 8 heteroatoms. The number of pyridine rings is 1. The molecule has 0 atom stereocenters. The number of H-pyrrole nitrogens is 1. The topological polar surface area (TPSA) is 118 Å². The summed E-state index contributed by atoms with van der Waals surface area (Å²) in [4.78, 5) is 25.5. The first-order valence-electron chi connectivity index (χ1n) is 7.39. The zero-order chi connectivity index (χ0) is 18.6. The van der Waals surface area contributed by atoms with Crippen molar-refractivity contribution in [3.05, 3.63) is 44.8 Å². The molecular weight excluding hydrogens is 346 g/mol. The minimum atomic E-state index is -0.653. The van der Waals surface area contributed by atoms with Crippen molar-refractivity contribution < 1.29 is 14.3 Å². The van der Waals surface area contributed by atoms with Crippen LogP contribution in [0.2, 0.25) is 5.02 Å². The molecule has 0 unspecified atom stereocenters. The second kappa shape index (κ2) is 7.73. The van der Waals surface area contributed by atoms with Crippen LogP contribution in [0.15, 0.2) is 23.0 Å². The van der Waals surface area contributed by atoms with Gasteiger partial charge >= 0.3 is 0 Å². The van der Waals surface area contributed by atoms with Crippen LogP contribution >= 0.6 is 11.6 Å². The number of ether oxygens (including phenoxy) is 2. The third-order valence-corrected chi connectivity index (χ3v) is 3.54. The van der Waals surface area contributed by atoms with Gasteiger partial charge < -0.3 is 20.2 Å². The van der Waals surface area contributed by atoms with Crippen molar-refractivity contribution in [3.63, 3.8) is 0 Å². The maximum atomic E-state index is 12.0. The lowest BCUT2D eigenvalue weighted by Crippen LogP contribution is -2.20. The van der Waals surface area contributed by atoms with Gasteiger partial charge in [-0.25, -0.2) is 0 Å². The maximum Gasteiger partial charge on any atom is 0.266 e. The fourth-order valence-electron chi connectivity index (χ4n) is 2.30. The number of nitriles is 1. The number of carbonyl (C=O) groups excluding carboxylic acids is 1. The average Bonchev–Trinajstić information content (AvgIpc) is 2.53. The van der Waals surface area contributed by atoms with Crippen LogP contribution in [0.25, 0.3) is 11.1 Å². The molecule has 25 heavy (non-hydrogen) atoms. The molecule has 2 rings (SSSR count). The van der Waals surface area contributed by atoms with E-state index in [1.807, 2.05) is 6.07 Å². The molecule has 1 aromatic carbocycles.